The molecule has 2 heterocycles. The van der Waals surface area contributed by atoms with Crippen molar-refractivity contribution in [3.05, 3.63) is 10.6 Å². The maximum Gasteiger partial charge on any atom is 0.321 e. The number of nitrogens with zero attached hydrogens (tertiary/aromatic N) is 2. The Morgan fingerprint density at radius 3 is 2.81 bits per heavy atom. The number of aryl methyl sites for hydroxylation is 1. The molecule has 0 bridgehead atoms. The van der Waals surface area contributed by atoms with Gasteiger partial charge >= 0.3 is 12.0 Å². The molecule has 0 unspecified atom stereocenters. The van der Waals surface area contributed by atoms with Crippen molar-refractivity contribution in [3.8, 4) is 0 Å². The van der Waals surface area contributed by atoms with E-state index in [-0.39, 0.29) is 24.7 Å². The number of amides is 2. The number of carboxylic acids is 1. The maximum atomic E-state index is 12.2. The third-order valence-corrected chi connectivity index (χ3v) is 7.39. The molecular formula is C17H24N4O3S2. The number of hydrogen-bond acceptors (Lipinski definition) is 6. The van der Waals surface area contributed by atoms with Crippen LogP contribution in [0.1, 0.15) is 36.3 Å². The number of thiazole rings is 1. The van der Waals surface area contributed by atoms with Crippen LogP contribution in [0.4, 0.5) is 9.93 Å². The zero-order chi connectivity index (χ0) is 18.1. The Labute approximate surface area is 160 Å². The van der Waals surface area contributed by atoms with Gasteiger partial charge in [0.2, 0.25) is 0 Å². The van der Waals surface area contributed by atoms with Gasteiger partial charge in [0.25, 0.3) is 0 Å². The molecule has 0 spiro atoms. The number of aromatic nitrogens is 1. The van der Waals surface area contributed by atoms with Crippen molar-refractivity contribution in [1.82, 2.24) is 15.2 Å². The van der Waals surface area contributed by atoms with Gasteiger partial charge in [-0.1, -0.05) is 0 Å². The molecule has 0 atom stereocenters. The van der Waals surface area contributed by atoms with Crippen LogP contribution in [0.2, 0.25) is 0 Å². The highest BCUT2D eigenvalue weighted by molar-refractivity contribution is 7.98. The number of anilines is 1. The summed E-state index contributed by atoms with van der Waals surface area (Å²) in [5.41, 5.74) is 1.12. The van der Waals surface area contributed by atoms with E-state index in [0.29, 0.717) is 11.0 Å². The number of fused-ring (bicyclic) bond motifs is 1. The van der Waals surface area contributed by atoms with Crippen LogP contribution in [0.25, 0.3) is 0 Å². The van der Waals surface area contributed by atoms with Crippen LogP contribution in [0.5, 0.6) is 0 Å². The number of carboxylic acid groups (broad SMARTS) is 1. The fourth-order valence-electron chi connectivity index (χ4n) is 3.55. The Morgan fingerprint density at radius 2 is 2.12 bits per heavy atom. The molecule has 2 fully saturated rings. The van der Waals surface area contributed by atoms with E-state index in [2.05, 4.69) is 20.5 Å². The molecule has 0 radical (unpaired) electrons. The summed E-state index contributed by atoms with van der Waals surface area (Å²) in [5.74, 6) is 1.98. The van der Waals surface area contributed by atoms with Crippen molar-refractivity contribution in [2.45, 2.75) is 49.9 Å². The lowest BCUT2D eigenvalue weighted by Gasteiger charge is -2.42. The van der Waals surface area contributed by atoms with Crippen molar-refractivity contribution < 1.29 is 14.7 Å². The lowest BCUT2D eigenvalue weighted by molar-refractivity contribution is -0.139. The molecule has 2 saturated carbocycles. The monoisotopic (exact) mass is 396 g/mol. The Kier molecular flexibility index (Phi) is 5.37. The molecule has 7 nitrogen and oxygen atoms in total. The summed E-state index contributed by atoms with van der Waals surface area (Å²) in [6, 6.07) is 0.168. The Bertz CT molecular complexity index is 662. The molecule has 2 aliphatic carbocycles. The van der Waals surface area contributed by atoms with Gasteiger partial charge in [0, 0.05) is 29.3 Å². The van der Waals surface area contributed by atoms with Gasteiger partial charge < -0.3 is 10.4 Å². The van der Waals surface area contributed by atoms with Crippen molar-refractivity contribution in [1.29, 1.82) is 0 Å². The minimum Gasteiger partial charge on any atom is -0.480 e. The number of urea groups is 1. The number of nitrogens with one attached hydrogen (secondary N) is 2. The second kappa shape index (κ2) is 7.74. The molecule has 3 aliphatic rings. The summed E-state index contributed by atoms with van der Waals surface area (Å²) >= 11 is 3.47. The molecule has 2 amide bonds. The zero-order valence-electron chi connectivity index (χ0n) is 14.6. The van der Waals surface area contributed by atoms with E-state index in [1.54, 1.807) is 11.3 Å². The SMILES string of the molecule is O=C(O)CN(CC1CC1)C1CC(NC(=O)Nc2nc3c(s2)CSCC3)C1. The summed E-state index contributed by atoms with van der Waals surface area (Å²) < 4.78 is 0. The van der Waals surface area contributed by atoms with Crippen LogP contribution < -0.4 is 10.6 Å². The molecule has 0 saturated heterocycles. The van der Waals surface area contributed by atoms with Crippen LogP contribution in [0.3, 0.4) is 0 Å². The first kappa shape index (κ1) is 18.1. The van der Waals surface area contributed by atoms with Crippen molar-refractivity contribution in [3.63, 3.8) is 0 Å². The summed E-state index contributed by atoms with van der Waals surface area (Å²) in [7, 11) is 0. The topological polar surface area (TPSA) is 94.6 Å². The van der Waals surface area contributed by atoms with Gasteiger partial charge in [-0.3, -0.25) is 15.0 Å². The van der Waals surface area contributed by atoms with E-state index in [4.69, 9.17) is 5.11 Å². The van der Waals surface area contributed by atoms with Crippen molar-refractivity contribution >= 4 is 40.2 Å². The molecule has 26 heavy (non-hydrogen) atoms. The molecule has 1 aromatic rings. The molecule has 0 aromatic carbocycles. The molecular weight excluding hydrogens is 372 g/mol. The van der Waals surface area contributed by atoms with Gasteiger partial charge in [-0.25, -0.2) is 9.78 Å². The molecule has 4 rings (SSSR count). The highest BCUT2D eigenvalue weighted by Crippen LogP contribution is 2.34. The fourth-order valence-corrected chi connectivity index (χ4v) is 5.67. The minimum atomic E-state index is -0.772. The average Bonchev–Trinajstić information content (AvgIpc) is 3.26. The summed E-state index contributed by atoms with van der Waals surface area (Å²) in [6.07, 6.45) is 5.04. The quantitative estimate of drug-likeness (QED) is 0.655. The van der Waals surface area contributed by atoms with Crippen molar-refractivity contribution in [2.75, 3.05) is 24.2 Å². The number of carbonyl (C=O) groups excluding carboxylic acids is 1. The molecule has 3 N–H and O–H groups in total. The summed E-state index contributed by atoms with van der Waals surface area (Å²) in [6.45, 7) is 0.974. The molecule has 1 aromatic heterocycles. The molecule has 142 valence electrons. The smallest absolute Gasteiger partial charge is 0.321 e. The molecule has 9 heteroatoms. The van der Waals surface area contributed by atoms with Crippen LogP contribution in [-0.4, -0.2) is 57.9 Å². The standard InChI is InChI=1S/C17H24N4O3S2/c22-15(23)8-21(7-10-1-2-10)12-5-11(6-12)18-16(24)20-17-19-13-3-4-25-9-14(13)26-17/h10-12H,1-9H2,(H,22,23)(H2,18,19,20,24). The van der Waals surface area contributed by atoms with Gasteiger partial charge in [0.1, 0.15) is 0 Å². The average molecular weight is 397 g/mol. The highest BCUT2D eigenvalue weighted by atomic mass is 32.2. The van der Waals surface area contributed by atoms with Crippen LogP contribution >= 0.6 is 23.1 Å². The third kappa shape index (κ3) is 4.50. The van der Waals surface area contributed by atoms with E-state index in [0.717, 1.165) is 43.0 Å². The molecule has 1 aliphatic heterocycles. The first-order chi connectivity index (χ1) is 12.6. The van der Waals surface area contributed by atoms with E-state index in [9.17, 15) is 9.59 Å². The Balaban J connectivity index is 1.23. The first-order valence-electron chi connectivity index (χ1n) is 9.16. The second-order valence-electron chi connectivity index (χ2n) is 7.38. The third-order valence-electron chi connectivity index (χ3n) is 5.21. The number of thioether (sulfide) groups is 1. The van der Waals surface area contributed by atoms with Gasteiger partial charge in [-0.05, 0) is 43.8 Å². The predicted molar refractivity (Wildman–Crippen MR) is 103 cm³/mol. The number of rotatable bonds is 7. The normalized spacial score (nSPS) is 24.7. The van der Waals surface area contributed by atoms with Gasteiger partial charge in [-0.15, -0.1) is 11.3 Å². The van der Waals surface area contributed by atoms with E-state index in [1.165, 1.54) is 17.7 Å². The van der Waals surface area contributed by atoms with Gasteiger partial charge in [0.15, 0.2) is 5.13 Å². The van der Waals surface area contributed by atoms with E-state index < -0.39 is 5.97 Å². The number of carbonyl (C=O) groups is 2. The first-order valence-corrected chi connectivity index (χ1v) is 11.1. The number of hydrogen-bond donors (Lipinski definition) is 3. The lowest BCUT2D eigenvalue weighted by Crippen LogP contribution is -2.55. The Morgan fingerprint density at radius 1 is 1.31 bits per heavy atom. The van der Waals surface area contributed by atoms with Gasteiger partial charge in [-0.2, -0.15) is 11.8 Å². The maximum absolute atomic E-state index is 12.2. The van der Waals surface area contributed by atoms with E-state index in [1.807, 2.05) is 11.8 Å². The van der Waals surface area contributed by atoms with Crippen LogP contribution in [0.15, 0.2) is 0 Å². The fraction of sp³-hybridized carbons (Fsp3) is 0.706. The largest absolute Gasteiger partial charge is 0.480 e. The zero-order valence-corrected chi connectivity index (χ0v) is 16.2. The highest BCUT2D eigenvalue weighted by Gasteiger charge is 2.37. The van der Waals surface area contributed by atoms with Gasteiger partial charge in [0.05, 0.1) is 12.2 Å². The minimum absolute atomic E-state index is 0.1000. The predicted octanol–water partition coefficient (Wildman–Crippen LogP) is 2.38. The summed E-state index contributed by atoms with van der Waals surface area (Å²) in [4.78, 5) is 31.1. The second-order valence-corrected chi connectivity index (χ2v) is 9.57. The Hall–Kier alpha value is -1.32. The lowest BCUT2D eigenvalue weighted by atomic mass is 9.85. The van der Waals surface area contributed by atoms with Crippen LogP contribution in [0, 0.1) is 5.92 Å². The van der Waals surface area contributed by atoms with E-state index >= 15 is 0 Å². The van der Waals surface area contributed by atoms with Crippen molar-refractivity contribution in [2.24, 2.45) is 5.92 Å². The van der Waals surface area contributed by atoms with Crippen LogP contribution in [-0.2, 0) is 17.0 Å². The number of aliphatic carboxylic acids is 1. The summed E-state index contributed by atoms with van der Waals surface area (Å²) in [5, 5.41) is 15.6.